The Balaban J connectivity index is 1.85. The number of hydrogen-bond donors (Lipinski definition) is 0. The number of rotatable bonds is 2. The van der Waals surface area contributed by atoms with Crippen LogP contribution in [0.15, 0.2) is 40.6 Å². The van der Waals surface area contributed by atoms with E-state index in [2.05, 4.69) is 24.3 Å². The number of hydrogen-bond acceptors (Lipinski definition) is 1. The summed E-state index contributed by atoms with van der Waals surface area (Å²) in [6.07, 6.45) is 15.4. The van der Waals surface area contributed by atoms with Gasteiger partial charge < -0.3 is 0 Å². The summed E-state index contributed by atoms with van der Waals surface area (Å²) in [5, 5.41) is 0. The summed E-state index contributed by atoms with van der Waals surface area (Å²) in [7, 11) is 0. The van der Waals surface area contributed by atoms with Gasteiger partial charge in [0.05, 0.1) is 11.6 Å². The molecule has 3 rings (SSSR count). The van der Waals surface area contributed by atoms with Crippen molar-refractivity contribution < 1.29 is 0 Å². The van der Waals surface area contributed by atoms with Crippen molar-refractivity contribution in [3.05, 3.63) is 35.6 Å². The van der Waals surface area contributed by atoms with Gasteiger partial charge >= 0.3 is 0 Å². The fourth-order valence-corrected chi connectivity index (χ4v) is 2.81. The average molecular weight is 248 g/mol. The van der Waals surface area contributed by atoms with Crippen LogP contribution in [0.2, 0.25) is 0 Å². The molecule has 0 aromatic carbocycles. The van der Waals surface area contributed by atoms with Gasteiger partial charge in [0.15, 0.2) is 0 Å². The summed E-state index contributed by atoms with van der Waals surface area (Å²) in [5.74, 6) is 1.98. The molecule has 1 atom stereocenters. The summed E-state index contributed by atoms with van der Waals surface area (Å²) in [6.45, 7) is 0. The number of halogens is 1. The average Bonchev–Trinajstić information content (AvgIpc) is 3.15. The van der Waals surface area contributed by atoms with E-state index >= 15 is 0 Å². The van der Waals surface area contributed by atoms with Gasteiger partial charge in [-0.15, -0.1) is 11.6 Å². The first-order valence-electron chi connectivity index (χ1n) is 6.58. The minimum atomic E-state index is 0.535. The van der Waals surface area contributed by atoms with Gasteiger partial charge in [-0.25, -0.2) is 0 Å². The fourth-order valence-electron chi connectivity index (χ4n) is 2.65. The molecular formula is C15H18ClN. The predicted octanol–water partition coefficient (Wildman–Crippen LogP) is 4.26. The fraction of sp³-hybridized carbons (Fsp3) is 0.533. The van der Waals surface area contributed by atoms with Gasteiger partial charge in [0.25, 0.3) is 0 Å². The van der Waals surface area contributed by atoms with Gasteiger partial charge in [0, 0.05) is 11.6 Å². The lowest BCUT2D eigenvalue weighted by molar-refractivity contribution is 0.648. The molecule has 3 aliphatic rings. The van der Waals surface area contributed by atoms with E-state index < -0.39 is 0 Å². The van der Waals surface area contributed by atoms with Crippen LogP contribution in [0.5, 0.6) is 0 Å². The van der Waals surface area contributed by atoms with E-state index in [9.17, 15) is 0 Å². The van der Waals surface area contributed by atoms with Gasteiger partial charge in [-0.05, 0) is 49.7 Å². The highest BCUT2D eigenvalue weighted by Crippen LogP contribution is 2.39. The van der Waals surface area contributed by atoms with Crippen LogP contribution in [0.25, 0.3) is 0 Å². The number of allylic oxidation sites excluding steroid dienone is 6. The lowest BCUT2D eigenvalue weighted by atomic mass is 9.95. The topological polar surface area (TPSA) is 12.4 Å². The van der Waals surface area contributed by atoms with Crippen LogP contribution < -0.4 is 0 Å². The Hall–Kier alpha value is -0.820. The molecule has 0 spiro atoms. The maximum Gasteiger partial charge on any atom is 0.0644 e. The molecule has 0 aromatic rings. The highest BCUT2D eigenvalue weighted by Gasteiger charge is 2.26. The standard InChI is InChI=1S/C15H18ClN/c16-10-14-3-1-2-13-7-6-12(11-4-5-11)8-9-15(13)17-14/h3,6,8-9,11,13H,1-2,4-5,7,10H2. The van der Waals surface area contributed by atoms with E-state index in [0.29, 0.717) is 11.8 Å². The molecule has 90 valence electrons. The van der Waals surface area contributed by atoms with Crippen molar-refractivity contribution in [2.24, 2.45) is 16.8 Å². The molecule has 2 heteroatoms. The lowest BCUT2D eigenvalue weighted by Crippen LogP contribution is -2.09. The third-order valence-corrected chi connectivity index (χ3v) is 4.13. The molecule has 1 unspecified atom stereocenters. The van der Waals surface area contributed by atoms with E-state index in [0.717, 1.165) is 24.5 Å². The number of nitrogens with zero attached hydrogens (tertiary/aromatic N) is 1. The van der Waals surface area contributed by atoms with Crippen LogP contribution in [0.4, 0.5) is 0 Å². The molecule has 0 saturated heterocycles. The molecule has 0 aromatic heterocycles. The smallest absolute Gasteiger partial charge is 0.0644 e. The number of alkyl halides is 1. The first-order valence-corrected chi connectivity index (χ1v) is 7.12. The Morgan fingerprint density at radius 1 is 1.12 bits per heavy atom. The van der Waals surface area contributed by atoms with Crippen LogP contribution in [0.1, 0.15) is 32.1 Å². The first-order chi connectivity index (χ1) is 8.36. The third-order valence-electron chi connectivity index (χ3n) is 3.86. The molecule has 17 heavy (non-hydrogen) atoms. The molecule has 1 saturated carbocycles. The van der Waals surface area contributed by atoms with Gasteiger partial charge in [0.1, 0.15) is 0 Å². The monoisotopic (exact) mass is 247 g/mol. The van der Waals surface area contributed by atoms with Crippen molar-refractivity contribution in [3.63, 3.8) is 0 Å². The highest BCUT2D eigenvalue weighted by atomic mass is 35.5. The van der Waals surface area contributed by atoms with Crippen LogP contribution >= 0.6 is 11.6 Å². The maximum atomic E-state index is 5.90. The van der Waals surface area contributed by atoms with Crippen LogP contribution in [0, 0.1) is 11.8 Å². The summed E-state index contributed by atoms with van der Waals surface area (Å²) >= 11 is 5.90. The molecular weight excluding hydrogens is 230 g/mol. The second-order valence-corrected chi connectivity index (χ2v) is 5.45. The Bertz CT molecular complexity index is 424. The summed E-state index contributed by atoms with van der Waals surface area (Å²) in [6, 6.07) is 0. The highest BCUT2D eigenvalue weighted by molar-refractivity contribution is 6.19. The van der Waals surface area contributed by atoms with E-state index in [4.69, 9.17) is 16.6 Å². The van der Waals surface area contributed by atoms with Crippen LogP contribution in [0.3, 0.4) is 0 Å². The molecule has 2 aliphatic carbocycles. The summed E-state index contributed by atoms with van der Waals surface area (Å²) in [5.41, 5.74) is 3.82. The Labute approximate surface area is 108 Å². The largest absolute Gasteiger partial charge is 0.257 e. The molecule has 1 heterocycles. The minimum absolute atomic E-state index is 0.535. The Kier molecular flexibility index (Phi) is 3.19. The van der Waals surface area contributed by atoms with Crippen LogP contribution in [-0.4, -0.2) is 11.6 Å². The van der Waals surface area contributed by atoms with Crippen molar-refractivity contribution in [2.45, 2.75) is 32.1 Å². The van der Waals surface area contributed by atoms with E-state index in [-0.39, 0.29) is 0 Å². The SMILES string of the molecule is ClCC1=CCCC2CC=C(C3CC3)C=CC2=N1. The lowest BCUT2D eigenvalue weighted by Gasteiger charge is -2.11. The number of fused-ring (bicyclic) bond motifs is 1. The molecule has 1 fully saturated rings. The quantitative estimate of drug-likeness (QED) is 0.647. The van der Waals surface area contributed by atoms with Gasteiger partial charge in [-0.1, -0.05) is 18.2 Å². The van der Waals surface area contributed by atoms with Gasteiger partial charge in [0.2, 0.25) is 0 Å². The minimum Gasteiger partial charge on any atom is -0.257 e. The summed E-state index contributed by atoms with van der Waals surface area (Å²) < 4.78 is 0. The van der Waals surface area contributed by atoms with E-state index in [1.807, 2.05) is 0 Å². The molecule has 1 aliphatic heterocycles. The Morgan fingerprint density at radius 2 is 2.00 bits per heavy atom. The van der Waals surface area contributed by atoms with Crippen molar-refractivity contribution in [1.82, 2.24) is 0 Å². The van der Waals surface area contributed by atoms with Crippen molar-refractivity contribution in [1.29, 1.82) is 0 Å². The summed E-state index contributed by atoms with van der Waals surface area (Å²) in [4.78, 5) is 4.72. The van der Waals surface area contributed by atoms with Gasteiger partial charge in [-0.2, -0.15) is 0 Å². The van der Waals surface area contributed by atoms with E-state index in [1.165, 1.54) is 30.5 Å². The molecule has 1 nitrogen and oxygen atoms in total. The van der Waals surface area contributed by atoms with Gasteiger partial charge in [-0.3, -0.25) is 4.99 Å². The zero-order valence-corrected chi connectivity index (χ0v) is 10.8. The second kappa shape index (κ2) is 4.81. The molecule has 0 N–H and O–H groups in total. The van der Waals surface area contributed by atoms with Crippen molar-refractivity contribution in [3.8, 4) is 0 Å². The zero-order chi connectivity index (χ0) is 11.7. The zero-order valence-electron chi connectivity index (χ0n) is 10.0. The molecule has 0 amide bonds. The Morgan fingerprint density at radius 3 is 2.76 bits per heavy atom. The first kappa shape index (κ1) is 11.3. The van der Waals surface area contributed by atoms with Crippen molar-refractivity contribution in [2.75, 3.05) is 5.88 Å². The van der Waals surface area contributed by atoms with E-state index in [1.54, 1.807) is 0 Å². The third kappa shape index (κ3) is 2.55. The second-order valence-electron chi connectivity index (χ2n) is 5.19. The normalized spacial score (nSPS) is 28.5. The molecule has 0 bridgehead atoms. The number of aliphatic imine (C=N–C) groups is 1. The van der Waals surface area contributed by atoms with Crippen LogP contribution in [-0.2, 0) is 0 Å². The maximum absolute atomic E-state index is 5.90. The predicted molar refractivity (Wildman–Crippen MR) is 73.5 cm³/mol. The van der Waals surface area contributed by atoms with Crippen molar-refractivity contribution >= 4 is 17.3 Å². The molecule has 0 radical (unpaired) electrons.